The van der Waals surface area contributed by atoms with Crippen molar-refractivity contribution in [3.8, 4) is 5.75 Å². The number of carbonyl (C=O) groups excluding carboxylic acids is 1. The fraction of sp³-hybridized carbons (Fsp3) is 0.296. The maximum absolute atomic E-state index is 14.0. The molecule has 1 fully saturated rings. The molecular weight excluding hydrogens is 522 g/mol. The van der Waals surface area contributed by atoms with Crippen molar-refractivity contribution in [1.29, 1.82) is 0 Å². The van der Waals surface area contributed by atoms with E-state index in [4.69, 9.17) is 16.3 Å². The largest absolute Gasteiger partial charge is 0.489 e. The van der Waals surface area contributed by atoms with E-state index in [1.165, 1.54) is 34.6 Å². The van der Waals surface area contributed by atoms with Gasteiger partial charge in [-0.05, 0) is 60.4 Å². The molecule has 3 aromatic rings. The fourth-order valence-corrected chi connectivity index (χ4v) is 6.04. The summed E-state index contributed by atoms with van der Waals surface area (Å²) in [6.45, 7) is 1.03. The van der Waals surface area contributed by atoms with Crippen LogP contribution in [0.25, 0.3) is 0 Å². The lowest BCUT2D eigenvalue weighted by Crippen LogP contribution is -2.43. The molecule has 0 atom stereocenters. The third-order valence-electron chi connectivity index (χ3n) is 6.32. The van der Waals surface area contributed by atoms with Crippen LogP contribution < -0.4 is 10.1 Å². The van der Waals surface area contributed by atoms with E-state index in [0.29, 0.717) is 31.7 Å². The number of hydrogen-bond donors (Lipinski definition) is 1. The number of hydrogen-bond acceptors (Lipinski definition) is 4. The normalized spacial score (nSPS) is 14.9. The highest BCUT2D eigenvalue weighted by Gasteiger charge is 2.32. The molecule has 1 amide bonds. The molecule has 37 heavy (non-hydrogen) atoms. The Hall–Kier alpha value is -3.01. The van der Waals surface area contributed by atoms with Gasteiger partial charge in [0.2, 0.25) is 15.9 Å². The number of amides is 1. The number of halogens is 3. The number of sulfonamides is 1. The zero-order valence-electron chi connectivity index (χ0n) is 20.0. The summed E-state index contributed by atoms with van der Waals surface area (Å²) in [7, 11) is -3.77. The van der Waals surface area contributed by atoms with Crippen LogP contribution >= 0.6 is 11.6 Å². The summed E-state index contributed by atoms with van der Waals surface area (Å²) in [5.74, 6) is -1.25. The van der Waals surface area contributed by atoms with Crippen molar-refractivity contribution in [3.63, 3.8) is 0 Å². The number of benzene rings is 3. The van der Waals surface area contributed by atoms with Crippen LogP contribution in [0, 0.1) is 17.6 Å². The van der Waals surface area contributed by atoms with E-state index in [1.54, 1.807) is 24.3 Å². The van der Waals surface area contributed by atoms with E-state index in [0.717, 1.165) is 11.1 Å². The number of piperidine rings is 1. The third kappa shape index (κ3) is 7.28. The molecule has 0 bridgehead atoms. The van der Waals surface area contributed by atoms with Crippen molar-refractivity contribution < 1.29 is 26.7 Å². The molecule has 0 aromatic heterocycles. The zero-order valence-corrected chi connectivity index (χ0v) is 21.6. The highest BCUT2D eigenvalue weighted by atomic mass is 35.5. The summed E-state index contributed by atoms with van der Waals surface area (Å²) < 4.78 is 59.6. The maximum atomic E-state index is 14.0. The van der Waals surface area contributed by atoms with E-state index in [2.05, 4.69) is 5.32 Å². The first-order chi connectivity index (χ1) is 17.7. The highest BCUT2D eigenvalue weighted by Crippen LogP contribution is 2.26. The molecule has 0 spiro atoms. The number of nitrogens with zero attached hydrogens (tertiary/aromatic N) is 1. The molecule has 3 aromatic carbocycles. The van der Waals surface area contributed by atoms with Gasteiger partial charge in [0.15, 0.2) is 0 Å². The third-order valence-corrected chi connectivity index (χ3v) is 8.47. The Morgan fingerprint density at radius 1 is 0.973 bits per heavy atom. The van der Waals surface area contributed by atoms with Crippen LogP contribution in [-0.4, -0.2) is 31.7 Å². The Morgan fingerprint density at radius 2 is 1.62 bits per heavy atom. The molecule has 1 heterocycles. The minimum atomic E-state index is -3.77. The molecule has 0 aliphatic carbocycles. The molecule has 1 aliphatic heterocycles. The van der Waals surface area contributed by atoms with Gasteiger partial charge in [-0.25, -0.2) is 21.5 Å². The van der Waals surface area contributed by atoms with Crippen LogP contribution in [0.4, 0.5) is 8.78 Å². The fourth-order valence-electron chi connectivity index (χ4n) is 4.12. The Kier molecular flexibility index (Phi) is 8.79. The summed E-state index contributed by atoms with van der Waals surface area (Å²) >= 11 is 5.98. The smallest absolute Gasteiger partial charge is 0.223 e. The monoisotopic (exact) mass is 548 g/mol. The van der Waals surface area contributed by atoms with Crippen LogP contribution in [-0.2, 0) is 33.7 Å². The molecule has 6 nitrogen and oxygen atoms in total. The molecular formula is C27H27ClF2N2O4S. The molecule has 0 unspecified atom stereocenters. The van der Waals surface area contributed by atoms with Gasteiger partial charge in [-0.15, -0.1) is 0 Å². The Balaban J connectivity index is 1.22. The Bertz CT molecular complexity index is 1310. The molecule has 196 valence electrons. The molecule has 1 N–H and O–H groups in total. The first-order valence-electron chi connectivity index (χ1n) is 11.9. The minimum absolute atomic E-state index is 0.0455. The Labute approximate surface area is 220 Å². The highest BCUT2D eigenvalue weighted by molar-refractivity contribution is 7.88. The van der Waals surface area contributed by atoms with Crippen molar-refractivity contribution in [2.75, 3.05) is 13.1 Å². The van der Waals surface area contributed by atoms with Crippen LogP contribution in [0.3, 0.4) is 0 Å². The maximum Gasteiger partial charge on any atom is 0.223 e. The van der Waals surface area contributed by atoms with E-state index in [1.807, 2.05) is 12.1 Å². The van der Waals surface area contributed by atoms with Gasteiger partial charge in [0.1, 0.15) is 24.0 Å². The van der Waals surface area contributed by atoms with Crippen molar-refractivity contribution in [1.82, 2.24) is 9.62 Å². The van der Waals surface area contributed by atoms with Gasteiger partial charge in [-0.3, -0.25) is 4.79 Å². The molecule has 1 saturated heterocycles. The molecule has 0 saturated carbocycles. The average Bonchev–Trinajstić information content (AvgIpc) is 2.90. The first kappa shape index (κ1) is 27.0. The predicted octanol–water partition coefficient (Wildman–Crippen LogP) is 5.06. The van der Waals surface area contributed by atoms with Crippen LogP contribution in [0.15, 0.2) is 66.7 Å². The van der Waals surface area contributed by atoms with Gasteiger partial charge < -0.3 is 10.1 Å². The quantitative estimate of drug-likeness (QED) is 0.406. The summed E-state index contributed by atoms with van der Waals surface area (Å²) in [6, 6.07) is 17.5. The second kappa shape index (κ2) is 12.0. The molecule has 4 rings (SSSR count). The van der Waals surface area contributed by atoms with Crippen molar-refractivity contribution in [2.45, 2.75) is 31.7 Å². The summed E-state index contributed by atoms with van der Waals surface area (Å²) in [5, 5.41) is 2.98. The summed E-state index contributed by atoms with van der Waals surface area (Å²) in [6.07, 6.45) is 0.762. The predicted molar refractivity (Wildman–Crippen MR) is 137 cm³/mol. The van der Waals surface area contributed by atoms with Crippen molar-refractivity contribution >= 4 is 27.5 Å². The van der Waals surface area contributed by atoms with Gasteiger partial charge >= 0.3 is 0 Å². The zero-order chi connectivity index (χ0) is 26.4. The van der Waals surface area contributed by atoms with Gasteiger partial charge in [0.05, 0.1) is 5.75 Å². The lowest BCUT2D eigenvalue weighted by Gasteiger charge is -2.30. The topological polar surface area (TPSA) is 75.7 Å². The first-order valence-corrected chi connectivity index (χ1v) is 13.8. The SMILES string of the molecule is O=C(NCc1ccc(OCc2ccc(F)cc2)cc1)C1CCN(S(=O)(=O)Cc2c(F)cccc2Cl)CC1. The molecule has 10 heteroatoms. The van der Waals surface area contributed by atoms with Gasteiger partial charge in [0, 0.05) is 36.1 Å². The summed E-state index contributed by atoms with van der Waals surface area (Å²) in [5.41, 5.74) is 1.70. The number of nitrogens with one attached hydrogen (secondary N) is 1. The second-order valence-electron chi connectivity index (χ2n) is 8.91. The van der Waals surface area contributed by atoms with Crippen LogP contribution in [0.1, 0.15) is 29.5 Å². The van der Waals surface area contributed by atoms with E-state index < -0.39 is 21.6 Å². The Morgan fingerprint density at radius 3 is 2.27 bits per heavy atom. The van der Waals surface area contributed by atoms with E-state index >= 15 is 0 Å². The number of carbonyl (C=O) groups is 1. The van der Waals surface area contributed by atoms with E-state index in [-0.39, 0.29) is 41.3 Å². The van der Waals surface area contributed by atoms with E-state index in [9.17, 15) is 22.0 Å². The standard InChI is InChI=1S/C27H27ClF2N2O4S/c28-25-2-1-3-26(30)24(25)18-37(34,35)32-14-12-21(13-15-32)27(33)31-16-19-6-10-23(11-7-19)36-17-20-4-8-22(29)9-5-20/h1-11,21H,12-18H2,(H,31,33). The van der Waals surface area contributed by atoms with Gasteiger partial charge in [0.25, 0.3) is 0 Å². The number of rotatable bonds is 9. The lowest BCUT2D eigenvalue weighted by molar-refractivity contribution is -0.126. The van der Waals surface area contributed by atoms with Gasteiger partial charge in [-0.2, -0.15) is 0 Å². The van der Waals surface area contributed by atoms with Crippen molar-refractivity contribution in [2.24, 2.45) is 5.92 Å². The lowest BCUT2D eigenvalue weighted by atomic mass is 9.97. The summed E-state index contributed by atoms with van der Waals surface area (Å²) in [4.78, 5) is 12.7. The molecule has 1 aliphatic rings. The van der Waals surface area contributed by atoms with Crippen molar-refractivity contribution in [3.05, 3.63) is 100 Å². The minimum Gasteiger partial charge on any atom is -0.489 e. The van der Waals surface area contributed by atoms with Crippen LogP contribution in [0.5, 0.6) is 5.75 Å². The average molecular weight is 549 g/mol. The molecule has 0 radical (unpaired) electrons. The number of ether oxygens (including phenoxy) is 1. The van der Waals surface area contributed by atoms with Crippen LogP contribution in [0.2, 0.25) is 5.02 Å². The van der Waals surface area contributed by atoms with Gasteiger partial charge in [-0.1, -0.05) is 41.9 Å². The second-order valence-corrected chi connectivity index (χ2v) is 11.3.